The highest BCUT2D eigenvalue weighted by atomic mass is 16.6. The van der Waals surface area contributed by atoms with Gasteiger partial charge in [0.1, 0.15) is 6.10 Å². The van der Waals surface area contributed by atoms with E-state index in [2.05, 4.69) is 17.4 Å². The maximum Gasteiger partial charge on any atom is 0.225 e. The Morgan fingerprint density at radius 3 is 3.16 bits per heavy atom. The largest absolute Gasteiger partial charge is 0.392 e. The molecule has 1 saturated heterocycles. The maximum atomic E-state index is 11.8. The molecule has 1 fully saturated rings. The second kappa shape index (κ2) is 7.48. The second-order valence-electron chi connectivity index (χ2n) is 5.44. The van der Waals surface area contributed by atoms with E-state index in [9.17, 15) is 4.79 Å². The SMILES string of the molecule is CCCCC1CC(CC(=O)NCC2CCOC2)=NO1. The van der Waals surface area contributed by atoms with Gasteiger partial charge in [-0.2, -0.15) is 0 Å². The molecule has 2 atom stereocenters. The van der Waals surface area contributed by atoms with Gasteiger partial charge in [-0.05, 0) is 19.3 Å². The van der Waals surface area contributed by atoms with Crippen LogP contribution in [-0.2, 0) is 14.4 Å². The van der Waals surface area contributed by atoms with E-state index in [-0.39, 0.29) is 12.0 Å². The minimum absolute atomic E-state index is 0.0467. The van der Waals surface area contributed by atoms with Crippen LogP contribution in [-0.4, -0.2) is 37.5 Å². The molecular weight excluding hydrogens is 244 g/mol. The zero-order valence-corrected chi connectivity index (χ0v) is 11.7. The molecule has 0 radical (unpaired) electrons. The van der Waals surface area contributed by atoms with Gasteiger partial charge in [-0.3, -0.25) is 4.79 Å². The summed E-state index contributed by atoms with van der Waals surface area (Å²) in [6.07, 6.45) is 5.76. The van der Waals surface area contributed by atoms with Crippen LogP contribution in [0.15, 0.2) is 5.16 Å². The van der Waals surface area contributed by atoms with Gasteiger partial charge in [-0.1, -0.05) is 18.5 Å². The first-order valence-electron chi connectivity index (χ1n) is 7.34. The number of unbranched alkanes of at least 4 members (excludes halogenated alkanes) is 1. The van der Waals surface area contributed by atoms with Crippen LogP contribution >= 0.6 is 0 Å². The van der Waals surface area contributed by atoms with Crippen molar-refractivity contribution in [2.24, 2.45) is 11.1 Å². The van der Waals surface area contributed by atoms with Crippen LogP contribution in [0.3, 0.4) is 0 Å². The summed E-state index contributed by atoms with van der Waals surface area (Å²) in [6.45, 7) is 4.47. The van der Waals surface area contributed by atoms with Crippen molar-refractivity contribution in [3.63, 3.8) is 0 Å². The minimum atomic E-state index is 0.0467. The van der Waals surface area contributed by atoms with Crippen molar-refractivity contribution in [3.05, 3.63) is 0 Å². The second-order valence-corrected chi connectivity index (χ2v) is 5.44. The molecule has 1 N–H and O–H groups in total. The Balaban J connectivity index is 1.60. The van der Waals surface area contributed by atoms with Gasteiger partial charge in [-0.25, -0.2) is 0 Å². The van der Waals surface area contributed by atoms with Crippen molar-refractivity contribution in [3.8, 4) is 0 Å². The molecule has 2 heterocycles. The van der Waals surface area contributed by atoms with Gasteiger partial charge in [0.05, 0.1) is 18.7 Å². The number of carbonyl (C=O) groups excluding carboxylic acids is 1. The van der Waals surface area contributed by atoms with Crippen LogP contribution < -0.4 is 5.32 Å². The maximum absolute atomic E-state index is 11.8. The van der Waals surface area contributed by atoms with Gasteiger partial charge in [0, 0.05) is 25.5 Å². The summed E-state index contributed by atoms with van der Waals surface area (Å²) >= 11 is 0. The monoisotopic (exact) mass is 268 g/mol. The topological polar surface area (TPSA) is 59.9 Å². The molecule has 2 rings (SSSR count). The average Bonchev–Trinajstić information content (AvgIpc) is 3.05. The summed E-state index contributed by atoms with van der Waals surface area (Å²) in [6, 6.07) is 0. The molecular formula is C14H24N2O3. The Morgan fingerprint density at radius 1 is 1.53 bits per heavy atom. The number of hydrogen-bond acceptors (Lipinski definition) is 4. The number of oxime groups is 1. The lowest BCUT2D eigenvalue weighted by molar-refractivity contribution is -0.120. The number of ether oxygens (including phenoxy) is 1. The number of amides is 1. The molecule has 0 saturated carbocycles. The normalized spacial score (nSPS) is 26.1. The summed E-state index contributed by atoms with van der Waals surface area (Å²) in [5, 5.41) is 6.98. The highest BCUT2D eigenvalue weighted by molar-refractivity contribution is 6.01. The van der Waals surface area contributed by atoms with Crippen molar-refractivity contribution in [1.82, 2.24) is 5.32 Å². The summed E-state index contributed by atoms with van der Waals surface area (Å²) in [4.78, 5) is 17.1. The molecule has 0 spiro atoms. The lowest BCUT2D eigenvalue weighted by atomic mass is 10.1. The highest BCUT2D eigenvalue weighted by Crippen LogP contribution is 2.18. The molecule has 2 aliphatic rings. The first-order chi connectivity index (χ1) is 9.28. The predicted molar refractivity (Wildman–Crippen MR) is 73.0 cm³/mol. The molecule has 5 nitrogen and oxygen atoms in total. The summed E-state index contributed by atoms with van der Waals surface area (Å²) in [5.74, 6) is 0.522. The van der Waals surface area contributed by atoms with E-state index in [0.29, 0.717) is 18.9 Å². The number of rotatable bonds is 7. The quantitative estimate of drug-likeness (QED) is 0.766. The van der Waals surface area contributed by atoms with Crippen LogP contribution in [0.25, 0.3) is 0 Å². The van der Waals surface area contributed by atoms with Crippen molar-refractivity contribution < 1.29 is 14.4 Å². The lowest BCUT2D eigenvalue weighted by Crippen LogP contribution is -2.30. The van der Waals surface area contributed by atoms with E-state index < -0.39 is 0 Å². The highest BCUT2D eigenvalue weighted by Gasteiger charge is 2.23. The first kappa shape index (κ1) is 14.3. The first-order valence-corrected chi connectivity index (χ1v) is 7.34. The standard InChI is InChI=1S/C14H24N2O3/c1-2-3-4-13-7-12(16-19-13)8-14(17)15-9-11-5-6-18-10-11/h11,13H,2-10H2,1H3,(H,15,17). The molecule has 1 amide bonds. The Hall–Kier alpha value is -1.10. The number of carbonyl (C=O) groups is 1. The van der Waals surface area contributed by atoms with E-state index in [1.54, 1.807) is 0 Å². The fraction of sp³-hybridized carbons (Fsp3) is 0.857. The number of nitrogens with zero attached hydrogens (tertiary/aromatic N) is 1. The fourth-order valence-corrected chi connectivity index (χ4v) is 2.43. The number of hydrogen-bond donors (Lipinski definition) is 1. The molecule has 0 bridgehead atoms. The summed E-state index contributed by atoms with van der Waals surface area (Å²) in [7, 11) is 0. The van der Waals surface area contributed by atoms with E-state index in [4.69, 9.17) is 9.57 Å². The Bertz CT molecular complexity index is 325. The molecule has 2 aliphatic heterocycles. The Labute approximate surface area is 114 Å². The van der Waals surface area contributed by atoms with Gasteiger partial charge in [0.25, 0.3) is 0 Å². The summed E-state index contributed by atoms with van der Waals surface area (Å²) < 4.78 is 5.28. The molecule has 0 aliphatic carbocycles. The zero-order chi connectivity index (χ0) is 13.5. The average molecular weight is 268 g/mol. The van der Waals surface area contributed by atoms with Crippen LogP contribution in [0.5, 0.6) is 0 Å². The van der Waals surface area contributed by atoms with Gasteiger partial charge < -0.3 is 14.9 Å². The molecule has 5 heteroatoms. The third kappa shape index (κ3) is 4.82. The Kier molecular flexibility index (Phi) is 5.63. The molecule has 108 valence electrons. The molecule has 0 aromatic heterocycles. The van der Waals surface area contributed by atoms with Crippen LogP contribution in [0.2, 0.25) is 0 Å². The van der Waals surface area contributed by atoms with Gasteiger partial charge in [0.15, 0.2) is 0 Å². The summed E-state index contributed by atoms with van der Waals surface area (Å²) in [5.41, 5.74) is 0.876. The van der Waals surface area contributed by atoms with Crippen LogP contribution in [0, 0.1) is 5.92 Å². The zero-order valence-electron chi connectivity index (χ0n) is 11.7. The molecule has 0 aromatic rings. The van der Waals surface area contributed by atoms with Gasteiger partial charge in [0.2, 0.25) is 5.91 Å². The Morgan fingerprint density at radius 2 is 2.42 bits per heavy atom. The van der Waals surface area contributed by atoms with Crippen molar-refractivity contribution >= 4 is 11.6 Å². The minimum Gasteiger partial charge on any atom is -0.392 e. The van der Waals surface area contributed by atoms with E-state index in [1.165, 1.54) is 6.42 Å². The van der Waals surface area contributed by atoms with Crippen molar-refractivity contribution in [2.45, 2.75) is 51.6 Å². The smallest absolute Gasteiger partial charge is 0.225 e. The van der Waals surface area contributed by atoms with Crippen molar-refractivity contribution in [2.75, 3.05) is 19.8 Å². The van der Waals surface area contributed by atoms with Gasteiger partial charge in [-0.15, -0.1) is 0 Å². The van der Waals surface area contributed by atoms with Gasteiger partial charge >= 0.3 is 0 Å². The third-order valence-corrected chi connectivity index (χ3v) is 3.65. The van der Waals surface area contributed by atoms with Crippen LogP contribution in [0.4, 0.5) is 0 Å². The van der Waals surface area contributed by atoms with Crippen LogP contribution in [0.1, 0.15) is 45.4 Å². The molecule has 0 aromatic carbocycles. The predicted octanol–water partition coefficient (Wildman–Crippen LogP) is 1.86. The van der Waals surface area contributed by atoms with E-state index in [1.807, 2.05) is 0 Å². The van der Waals surface area contributed by atoms with E-state index >= 15 is 0 Å². The molecule has 19 heavy (non-hydrogen) atoms. The van der Waals surface area contributed by atoms with E-state index in [0.717, 1.165) is 44.6 Å². The lowest BCUT2D eigenvalue weighted by Gasteiger charge is -2.09. The van der Waals surface area contributed by atoms with Crippen molar-refractivity contribution in [1.29, 1.82) is 0 Å². The fourth-order valence-electron chi connectivity index (χ4n) is 2.43. The third-order valence-electron chi connectivity index (χ3n) is 3.65. The number of nitrogens with one attached hydrogen (secondary N) is 1. The molecule has 2 unspecified atom stereocenters.